The summed E-state index contributed by atoms with van der Waals surface area (Å²) in [4.78, 5) is 32.1. The molecule has 1 aromatic heterocycles. The van der Waals surface area contributed by atoms with Crippen LogP contribution in [-0.4, -0.2) is 30.4 Å². The summed E-state index contributed by atoms with van der Waals surface area (Å²) in [5, 5.41) is 0. The van der Waals surface area contributed by atoms with Crippen LogP contribution >= 0.6 is 56.5 Å². The molecule has 2 heterocycles. The molecule has 1 aliphatic rings. The summed E-state index contributed by atoms with van der Waals surface area (Å²) < 4.78 is 20.8. The first-order valence-corrected chi connectivity index (χ1v) is 14.9. The number of esters is 1. The van der Waals surface area contributed by atoms with Crippen LogP contribution in [0.2, 0.25) is 0 Å². The van der Waals surface area contributed by atoms with Gasteiger partial charge in [0.15, 0.2) is 4.80 Å². The smallest absolute Gasteiger partial charge is 0.338 e. The van der Waals surface area contributed by atoms with E-state index in [4.69, 9.17) is 14.2 Å². The SMILES string of the molecule is C=CCOc1ccc([C@H]2C(C(=O)OCC)=C(C)N=c3s/c(=C\c4cc(I)c(OCC)c(I)c4)c(=O)n32)cc1. The number of carbonyl (C=O) groups is 1. The van der Waals surface area contributed by atoms with Gasteiger partial charge in [-0.05, 0) is 107 Å². The van der Waals surface area contributed by atoms with Gasteiger partial charge < -0.3 is 14.2 Å². The number of aromatic nitrogens is 1. The Bertz CT molecular complexity index is 1570. The largest absolute Gasteiger partial charge is 0.492 e. The van der Waals surface area contributed by atoms with Crippen molar-refractivity contribution in [2.45, 2.75) is 26.8 Å². The lowest BCUT2D eigenvalue weighted by Crippen LogP contribution is -2.39. The molecule has 0 aliphatic carbocycles. The van der Waals surface area contributed by atoms with Crippen molar-refractivity contribution in [3.63, 3.8) is 0 Å². The topological polar surface area (TPSA) is 79.1 Å². The van der Waals surface area contributed by atoms with E-state index in [0.717, 1.165) is 24.0 Å². The number of hydrogen-bond donors (Lipinski definition) is 0. The van der Waals surface area contributed by atoms with Crippen LogP contribution in [0, 0.1) is 7.14 Å². The van der Waals surface area contributed by atoms with Crippen molar-refractivity contribution < 1.29 is 19.0 Å². The van der Waals surface area contributed by atoms with E-state index < -0.39 is 12.0 Å². The second-order valence-corrected chi connectivity index (χ2v) is 11.6. The Balaban J connectivity index is 1.87. The Morgan fingerprint density at radius 2 is 1.82 bits per heavy atom. The number of halogens is 2. The Hall–Kier alpha value is -2.45. The second-order valence-electron chi connectivity index (χ2n) is 8.22. The number of nitrogens with zero attached hydrogens (tertiary/aromatic N) is 2. The number of fused-ring (bicyclic) bond motifs is 1. The highest BCUT2D eigenvalue weighted by Gasteiger charge is 2.33. The van der Waals surface area contributed by atoms with Gasteiger partial charge in [0.25, 0.3) is 5.56 Å². The van der Waals surface area contributed by atoms with Crippen molar-refractivity contribution in [1.29, 1.82) is 0 Å². The van der Waals surface area contributed by atoms with E-state index in [0.29, 0.717) is 39.6 Å². The molecule has 7 nitrogen and oxygen atoms in total. The molecular weight excluding hydrogens is 730 g/mol. The fourth-order valence-electron chi connectivity index (χ4n) is 4.10. The number of ether oxygens (including phenoxy) is 3. The Labute approximate surface area is 251 Å². The van der Waals surface area contributed by atoms with E-state index in [-0.39, 0.29) is 12.2 Å². The summed E-state index contributed by atoms with van der Waals surface area (Å²) in [6.45, 7) is 10.3. The molecule has 198 valence electrons. The predicted molar refractivity (Wildman–Crippen MR) is 166 cm³/mol. The minimum Gasteiger partial charge on any atom is -0.492 e. The molecule has 1 atom stereocenters. The number of rotatable bonds is 9. The van der Waals surface area contributed by atoms with Gasteiger partial charge in [0.2, 0.25) is 0 Å². The maximum absolute atomic E-state index is 13.8. The fraction of sp³-hybridized carbons (Fsp3) is 0.250. The average molecular weight is 756 g/mol. The summed E-state index contributed by atoms with van der Waals surface area (Å²) in [6, 6.07) is 10.6. The summed E-state index contributed by atoms with van der Waals surface area (Å²) in [7, 11) is 0. The molecule has 0 bridgehead atoms. The highest BCUT2D eigenvalue weighted by Crippen LogP contribution is 2.32. The minimum absolute atomic E-state index is 0.218. The third-order valence-corrected chi connectivity index (χ3v) is 8.27. The van der Waals surface area contributed by atoms with Gasteiger partial charge in [-0.25, -0.2) is 9.79 Å². The molecule has 0 N–H and O–H groups in total. The summed E-state index contributed by atoms with van der Waals surface area (Å²) in [5.41, 5.74) is 2.29. The number of benzene rings is 2. The highest BCUT2D eigenvalue weighted by molar-refractivity contribution is 14.1. The molecule has 0 fully saturated rings. The second kappa shape index (κ2) is 12.6. The first-order valence-electron chi connectivity index (χ1n) is 11.9. The van der Waals surface area contributed by atoms with Crippen LogP contribution in [0.25, 0.3) is 6.08 Å². The quantitative estimate of drug-likeness (QED) is 0.175. The zero-order valence-corrected chi connectivity index (χ0v) is 26.3. The number of thiazole rings is 1. The van der Waals surface area contributed by atoms with Crippen LogP contribution in [-0.2, 0) is 9.53 Å². The van der Waals surface area contributed by atoms with Crippen molar-refractivity contribution in [2.75, 3.05) is 19.8 Å². The van der Waals surface area contributed by atoms with Gasteiger partial charge >= 0.3 is 5.97 Å². The summed E-state index contributed by atoms with van der Waals surface area (Å²) >= 11 is 5.78. The number of carbonyl (C=O) groups excluding carboxylic acids is 1. The fourth-order valence-corrected chi connectivity index (χ4v) is 7.28. The molecule has 0 saturated heterocycles. The van der Waals surface area contributed by atoms with E-state index in [2.05, 4.69) is 56.8 Å². The van der Waals surface area contributed by atoms with Crippen molar-refractivity contribution in [1.82, 2.24) is 4.57 Å². The molecule has 0 radical (unpaired) electrons. The molecule has 38 heavy (non-hydrogen) atoms. The molecule has 10 heteroatoms. The van der Waals surface area contributed by atoms with Crippen LogP contribution in [0.4, 0.5) is 0 Å². The van der Waals surface area contributed by atoms with Crippen molar-refractivity contribution in [3.8, 4) is 11.5 Å². The molecule has 0 saturated carbocycles. The molecule has 0 spiro atoms. The van der Waals surface area contributed by atoms with Gasteiger partial charge in [0.05, 0.1) is 42.2 Å². The monoisotopic (exact) mass is 756 g/mol. The molecule has 0 unspecified atom stereocenters. The van der Waals surface area contributed by atoms with Crippen LogP contribution in [0.3, 0.4) is 0 Å². The third-order valence-electron chi connectivity index (χ3n) is 5.69. The zero-order valence-electron chi connectivity index (χ0n) is 21.1. The van der Waals surface area contributed by atoms with Crippen LogP contribution < -0.4 is 24.4 Å². The van der Waals surface area contributed by atoms with E-state index in [1.165, 1.54) is 11.3 Å². The molecule has 3 aromatic rings. The lowest BCUT2D eigenvalue weighted by molar-refractivity contribution is -0.139. The lowest BCUT2D eigenvalue weighted by Gasteiger charge is -2.24. The first kappa shape index (κ1) is 28.6. The average Bonchev–Trinajstić information content (AvgIpc) is 3.18. The molecule has 1 aliphatic heterocycles. The molecular formula is C28H26I2N2O5S. The standard InChI is InChI=1S/C28H26I2N2O5S/c1-5-12-37-19-10-8-18(9-11-19)24-23(27(34)36-7-3)16(4)31-28-32(24)26(33)22(38-28)15-17-13-20(29)25(35-6-2)21(30)14-17/h5,8-11,13-15,24H,1,6-7,12H2,2-4H3/b22-15-/t24-/m0/s1. The first-order chi connectivity index (χ1) is 18.3. The van der Waals surface area contributed by atoms with Crippen LogP contribution in [0.15, 0.2) is 70.1 Å². The van der Waals surface area contributed by atoms with Crippen molar-refractivity contribution in [3.05, 3.63) is 98.3 Å². The Morgan fingerprint density at radius 1 is 1.13 bits per heavy atom. The van der Waals surface area contributed by atoms with E-state index in [1.54, 1.807) is 24.5 Å². The van der Waals surface area contributed by atoms with E-state index in [9.17, 15) is 9.59 Å². The number of hydrogen-bond acceptors (Lipinski definition) is 7. The third kappa shape index (κ3) is 5.91. The summed E-state index contributed by atoms with van der Waals surface area (Å²) in [5.74, 6) is 1.01. The van der Waals surface area contributed by atoms with Crippen LogP contribution in [0.5, 0.6) is 11.5 Å². The summed E-state index contributed by atoms with van der Waals surface area (Å²) in [6.07, 6.45) is 3.53. The Kier molecular flexibility index (Phi) is 9.47. The van der Waals surface area contributed by atoms with Crippen molar-refractivity contribution >= 4 is 68.6 Å². The Morgan fingerprint density at radius 3 is 2.42 bits per heavy atom. The van der Waals surface area contributed by atoms with Gasteiger partial charge in [-0.3, -0.25) is 9.36 Å². The number of allylic oxidation sites excluding steroid dienone is 1. The van der Waals surface area contributed by atoms with Crippen molar-refractivity contribution in [2.24, 2.45) is 4.99 Å². The molecule has 2 aromatic carbocycles. The highest BCUT2D eigenvalue weighted by atomic mass is 127. The lowest BCUT2D eigenvalue weighted by atomic mass is 9.96. The van der Waals surface area contributed by atoms with Gasteiger partial charge in [-0.2, -0.15) is 0 Å². The maximum Gasteiger partial charge on any atom is 0.338 e. The molecule has 0 amide bonds. The maximum atomic E-state index is 13.8. The van der Waals surface area contributed by atoms with Crippen LogP contribution in [0.1, 0.15) is 37.9 Å². The van der Waals surface area contributed by atoms with Gasteiger partial charge in [0.1, 0.15) is 18.1 Å². The van der Waals surface area contributed by atoms with Gasteiger partial charge in [-0.1, -0.05) is 36.1 Å². The van der Waals surface area contributed by atoms with Gasteiger partial charge in [0, 0.05) is 0 Å². The normalized spacial score (nSPS) is 15.1. The van der Waals surface area contributed by atoms with Gasteiger partial charge in [-0.15, -0.1) is 0 Å². The predicted octanol–water partition coefficient (Wildman–Crippen LogP) is 4.97. The molecule has 4 rings (SSSR count). The van der Waals surface area contributed by atoms with E-state index >= 15 is 0 Å². The zero-order chi connectivity index (χ0) is 27.4. The van der Waals surface area contributed by atoms with E-state index in [1.807, 2.05) is 49.4 Å². The minimum atomic E-state index is -0.679.